The molecule has 1 unspecified atom stereocenters. The number of nitrogens with one attached hydrogen (secondary N) is 1. The van der Waals surface area contributed by atoms with Crippen molar-refractivity contribution in [3.63, 3.8) is 0 Å². The number of nitrogens with zero attached hydrogens (tertiary/aromatic N) is 3. The van der Waals surface area contributed by atoms with Crippen molar-refractivity contribution in [2.75, 3.05) is 13.1 Å². The first-order chi connectivity index (χ1) is 8.25. The first kappa shape index (κ1) is 12.5. The van der Waals surface area contributed by atoms with Gasteiger partial charge in [0.05, 0.1) is 6.54 Å². The zero-order valence-corrected chi connectivity index (χ0v) is 10.7. The standard InChI is InChI=1S/C12H22N4O/c1-10(2)16-6-3-4-11(5-7-16)13-8-12-14-9-17-15-12/h9-11,13H,3-8H2,1-2H3. The molecule has 1 aromatic rings. The SMILES string of the molecule is CC(C)N1CCCC(NCc2ncon2)CC1. The molecule has 2 rings (SSSR count). The third-order valence-corrected chi connectivity index (χ3v) is 3.45. The zero-order valence-electron chi connectivity index (χ0n) is 10.7. The Hall–Kier alpha value is -0.940. The minimum absolute atomic E-state index is 0.581. The topological polar surface area (TPSA) is 54.2 Å². The lowest BCUT2D eigenvalue weighted by Crippen LogP contribution is -2.34. The van der Waals surface area contributed by atoms with E-state index in [2.05, 4.69) is 34.2 Å². The average molecular weight is 238 g/mol. The van der Waals surface area contributed by atoms with Gasteiger partial charge in [-0.15, -0.1) is 0 Å². The average Bonchev–Trinajstić information content (AvgIpc) is 2.70. The minimum atomic E-state index is 0.581. The lowest BCUT2D eigenvalue weighted by atomic mass is 10.1. The van der Waals surface area contributed by atoms with Crippen molar-refractivity contribution in [2.24, 2.45) is 0 Å². The van der Waals surface area contributed by atoms with Gasteiger partial charge in [0.2, 0.25) is 6.39 Å². The summed E-state index contributed by atoms with van der Waals surface area (Å²) in [5.41, 5.74) is 0. The van der Waals surface area contributed by atoms with Crippen LogP contribution in [0.5, 0.6) is 0 Å². The second-order valence-corrected chi connectivity index (χ2v) is 4.99. The molecule has 0 spiro atoms. The van der Waals surface area contributed by atoms with Crippen LogP contribution in [0.2, 0.25) is 0 Å². The highest BCUT2D eigenvalue weighted by molar-refractivity contribution is 4.81. The number of hydrogen-bond donors (Lipinski definition) is 1. The van der Waals surface area contributed by atoms with Gasteiger partial charge in [-0.05, 0) is 46.2 Å². The molecular weight excluding hydrogens is 216 g/mol. The molecule has 0 bridgehead atoms. The number of aromatic nitrogens is 2. The van der Waals surface area contributed by atoms with Crippen LogP contribution >= 0.6 is 0 Å². The molecule has 2 heterocycles. The van der Waals surface area contributed by atoms with Crippen molar-refractivity contribution in [2.45, 2.75) is 51.7 Å². The van der Waals surface area contributed by atoms with Crippen LogP contribution in [0.15, 0.2) is 10.9 Å². The molecule has 0 amide bonds. The van der Waals surface area contributed by atoms with Crippen molar-refractivity contribution >= 4 is 0 Å². The number of likely N-dealkylation sites (tertiary alicyclic amines) is 1. The van der Waals surface area contributed by atoms with Crippen molar-refractivity contribution in [1.82, 2.24) is 20.4 Å². The molecule has 1 saturated heterocycles. The second kappa shape index (κ2) is 6.12. The third-order valence-electron chi connectivity index (χ3n) is 3.45. The largest absolute Gasteiger partial charge is 0.343 e. The second-order valence-electron chi connectivity index (χ2n) is 4.99. The summed E-state index contributed by atoms with van der Waals surface area (Å²) >= 11 is 0. The Bertz CT molecular complexity index is 312. The molecule has 5 heteroatoms. The molecule has 5 nitrogen and oxygen atoms in total. The van der Waals surface area contributed by atoms with Crippen molar-refractivity contribution in [3.05, 3.63) is 12.2 Å². The van der Waals surface area contributed by atoms with E-state index in [0.717, 1.165) is 5.82 Å². The maximum atomic E-state index is 4.72. The summed E-state index contributed by atoms with van der Waals surface area (Å²) in [5, 5.41) is 7.32. The first-order valence-corrected chi connectivity index (χ1v) is 6.48. The minimum Gasteiger partial charge on any atom is -0.343 e. The Balaban J connectivity index is 1.75. The molecule has 1 atom stereocenters. The zero-order chi connectivity index (χ0) is 12.1. The molecule has 0 radical (unpaired) electrons. The highest BCUT2D eigenvalue weighted by Crippen LogP contribution is 2.13. The Morgan fingerprint density at radius 1 is 1.47 bits per heavy atom. The van der Waals surface area contributed by atoms with Gasteiger partial charge in [0.25, 0.3) is 0 Å². The summed E-state index contributed by atoms with van der Waals surface area (Å²) in [6, 6.07) is 1.24. The van der Waals surface area contributed by atoms with E-state index in [1.165, 1.54) is 38.7 Å². The van der Waals surface area contributed by atoms with Crippen molar-refractivity contribution in [3.8, 4) is 0 Å². The summed E-state index contributed by atoms with van der Waals surface area (Å²) in [5.74, 6) is 0.745. The molecule has 1 aromatic heterocycles. The monoisotopic (exact) mass is 238 g/mol. The van der Waals surface area contributed by atoms with Gasteiger partial charge in [-0.1, -0.05) is 5.16 Å². The number of hydrogen-bond acceptors (Lipinski definition) is 5. The van der Waals surface area contributed by atoms with Crippen LogP contribution in [0, 0.1) is 0 Å². The lowest BCUT2D eigenvalue weighted by Gasteiger charge is -2.24. The van der Waals surface area contributed by atoms with Crippen molar-refractivity contribution in [1.29, 1.82) is 0 Å². The van der Waals surface area contributed by atoms with E-state index in [0.29, 0.717) is 18.6 Å². The smallest absolute Gasteiger partial charge is 0.213 e. The van der Waals surface area contributed by atoms with Gasteiger partial charge in [0.15, 0.2) is 5.82 Å². The summed E-state index contributed by atoms with van der Waals surface area (Å²) in [7, 11) is 0. The maximum absolute atomic E-state index is 4.72. The summed E-state index contributed by atoms with van der Waals surface area (Å²) in [6.45, 7) is 7.66. The van der Waals surface area contributed by atoms with E-state index in [9.17, 15) is 0 Å². The van der Waals surface area contributed by atoms with E-state index in [1.807, 2.05) is 0 Å². The fourth-order valence-corrected chi connectivity index (χ4v) is 2.35. The molecule has 1 N–H and O–H groups in total. The molecular formula is C12H22N4O. The van der Waals surface area contributed by atoms with E-state index < -0.39 is 0 Å². The van der Waals surface area contributed by atoms with Gasteiger partial charge in [0.1, 0.15) is 0 Å². The summed E-state index contributed by atoms with van der Waals surface area (Å²) in [6.07, 6.45) is 5.09. The lowest BCUT2D eigenvalue weighted by molar-refractivity contribution is 0.229. The molecule has 1 fully saturated rings. The van der Waals surface area contributed by atoms with Crippen LogP contribution in [0.4, 0.5) is 0 Å². The molecule has 1 aliphatic heterocycles. The van der Waals surface area contributed by atoms with E-state index in [1.54, 1.807) is 0 Å². The normalized spacial score (nSPS) is 22.9. The Kier molecular flexibility index (Phi) is 4.50. The van der Waals surface area contributed by atoms with Gasteiger partial charge in [-0.2, -0.15) is 4.98 Å². The van der Waals surface area contributed by atoms with E-state index >= 15 is 0 Å². The van der Waals surface area contributed by atoms with Crippen molar-refractivity contribution < 1.29 is 4.52 Å². The molecule has 1 aliphatic rings. The predicted octanol–water partition coefficient (Wildman–Crippen LogP) is 1.42. The van der Waals surface area contributed by atoms with Gasteiger partial charge in [-0.25, -0.2) is 0 Å². The third kappa shape index (κ3) is 3.78. The van der Waals surface area contributed by atoms with Crippen LogP contribution < -0.4 is 5.32 Å². The fourth-order valence-electron chi connectivity index (χ4n) is 2.35. The van der Waals surface area contributed by atoms with Gasteiger partial charge in [0, 0.05) is 12.1 Å². The Morgan fingerprint density at radius 3 is 3.06 bits per heavy atom. The Labute approximate surface area is 103 Å². The first-order valence-electron chi connectivity index (χ1n) is 6.48. The molecule has 0 aromatic carbocycles. The maximum Gasteiger partial charge on any atom is 0.213 e. The quantitative estimate of drug-likeness (QED) is 0.860. The summed E-state index contributed by atoms with van der Waals surface area (Å²) < 4.78 is 4.72. The molecule has 0 saturated carbocycles. The van der Waals surface area contributed by atoms with Crippen LogP contribution in [-0.4, -0.2) is 40.2 Å². The van der Waals surface area contributed by atoms with Crippen LogP contribution in [0.3, 0.4) is 0 Å². The van der Waals surface area contributed by atoms with Gasteiger partial charge >= 0.3 is 0 Å². The highest BCUT2D eigenvalue weighted by Gasteiger charge is 2.18. The summed E-state index contributed by atoms with van der Waals surface area (Å²) in [4.78, 5) is 6.57. The van der Waals surface area contributed by atoms with Crippen LogP contribution in [0.1, 0.15) is 38.9 Å². The molecule has 17 heavy (non-hydrogen) atoms. The van der Waals surface area contributed by atoms with Gasteiger partial charge in [-0.3, -0.25) is 0 Å². The van der Waals surface area contributed by atoms with Crippen LogP contribution in [0.25, 0.3) is 0 Å². The van der Waals surface area contributed by atoms with E-state index in [-0.39, 0.29) is 0 Å². The Morgan fingerprint density at radius 2 is 2.35 bits per heavy atom. The highest BCUT2D eigenvalue weighted by atomic mass is 16.5. The van der Waals surface area contributed by atoms with Crippen LogP contribution in [-0.2, 0) is 6.54 Å². The molecule has 0 aliphatic carbocycles. The number of rotatable bonds is 4. The predicted molar refractivity (Wildman–Crippen MR) is 65.5 cm³/mol. The van der Waals surface area contributed by atoms with E-state index in [4.69, 9.17) is 4.52 Å². The van der Waals surface area contributed by atoms with Gasteiger partial charge < -0.3 is 14.7 Å². The fraction of sp³-hybridized carbons (Fsp3) is 0.833. The molecule has 96 valence electrons.